The lowest BCUT2D eigenvalue weighted by Gasteiger charge is -2.33. The lowest BCUT2D eigenvalue weighted by molar-refractivity contribution is 0.224. The zero-order valence-electron chi connectivity index (χ0n) is 14.5. The number of hydrogen-bond acceptors (Lipinski definition) is 4. The standard InChI is InChI=1S/C15H29N5S/c1-9-16-12(21)20-19-11-10(13(2,3)4)17-15(8,18-11)14(5,6)7/h9H2,1-8H3,(H,18,19)(H2,16,20,21). The van der Waals surface area contributed by atoms with Crippen LogP contribution in [0, 0.1) is 10.8 Å². The molecule has 1 unspecified atom stereocenters. The van der Waals surface area contributed by atoms with Crippen molar-refractivity contribution in [2.24, 2.45) is 20.8 Å². The Labute approximate surface area is 134 Å². The molecule has 5 nitrogen and oxygen atoms in total. The van der Waals surface area contributed by atoms with Crippen LogP contribution in [0.4, 0.5) is 0 Å². The maximum Gasteiger partial charge on any atom is 0.185 e. The van der Waals surface area contributed by atoms with Crippen LogP contribution in [0.3, 0.4) is 0 Å². The van der Waals surface area contributed by atoms with Gasteiger partial charge in [-0.3, -0.25) is 15.8 Å². The van der Waals surface area contributed by atoms with E-state index >= 15 is 0 Å². The van der Waals surface area contributed by atoms with Crippen molar-refractivity contribution in [1.82, 2.24) is 16.2 Å². The fraction of sp³-hybridized carbons (Fsp3) is 0.800. The Balaban J connectivity index is 3.02. The molecule has 0 saturated heterocycles. The summed E-state index contributed by atoms with van der Waals surface area (Å²) < 4.78 is 0. The number of aliphatic imine (C=N–C) groups is 2. The quantitative estimate of drug-likeness (QED) is 0.515. The molecule has 0 aromatic carbocycles. The van der Waals surface area contributed by atoms with Crippen LogP contribution in [0.5, 0.6) is 0 Å². The van der Waals surface area contributed by atoms with E-state index in [1.807, 2.05) is 6.92 Å². The summed E-state index contributed by atoms with van der Waals surface area (Å²) in [6.45, 7) is 17.7. The Bertz CT molecular complexity index is 467. The van der Waals surface area contributed by atoms with E-state index in [1.54, 1.807) is 0 Å². The van der Waals surface area contributed by atoms with Gasteiger partial charge in [0.2, 0.25) is 0 Å². The number of hydrazine groups is 1. The second-order valence-electron chi connectivity index (χ2n) is 7.55. The van der Waals surface area contributed by atoms with Gasteiger partial charge in [0.05, 0.1) is 5.71 Å². The summed E-state index contributed by atoms with van der Waals surface area (Å²) in [5.41, 5.74) is 6.44. The van der Waals surface area contributed by atoms with E-state index in [9.17, 15) is 0 Å². The molecule has 1 atom stereocenters. The smallest absolute Gasteiger partial charge is 0.185 e. The van der Waals surface area contributed by atoms with Crippen LogP contribution < -0.4 is 16.2 Å². The van der Waals surface area contributed by atoms with Crippen LogP contribution in [0.1, 0.15) is 55.4 Å². The number of amidine groups is 1. The first-order chi connectivity index (χ1) is 9.40. The highest BCUT2D eigenvalue weighted by Gasteiger charge is 2.44. The molecule has 1 rings (SSSR count). The molecule has 0 fully saturated rings. The van der Waals surface area contributed by atoms with Gasteiger partial charge < -0.3 is 5.32 Å². The molecule has 6 heteroatoms. The van der Waals surface area contributed by atoms with Gasteiger partial charge in [-0.05, 0) is 26.1 Å². The number of nitrogens with one attached hydrogen (secondary N) is 3. The zero-order valence-corrected chi connectivity index (χ0v) is 15.3. The summed E-state index contributed by atoms with van der Waals surface area (Å²) in [6, 6.07) is 0. The Morgan fingerprint density at radius 2 is 1.71 bits per heavy atom. The monoisotopic (exact) mass is 311 g/mol. The van der Waals surface area contributed by atoms with Gasteiger partial charge in [-0.1, -0.05) is 41.5 Å². The summed E-state index contributed by atoms with van der Waals surface area (Å²) in [7, 11) is 0. The average molecular weight is 311 g/mol. The van der Waals surface area contributed by atoms with E-state index in [2.05, 4.69) is 64.6 Å². The van der Waals surface area contributed by atoms with Crippen molar-refractivity contribution in [1.29, 1.82) is 0 Å². The van der Waals surface area contributed by atoms with E-state index in [-0.39, 0.29) is 10.8 Å². The molecule has 0 spiro atoms. The lowest BCUT2D eigenvalue weighted by atomic mass is 9.82. The predicted molar refractivity (Wildman–Crippen MR) is 94.7 cm³/mol. The second-order valence-corrected chi connectivity index (χ2v) is 7.96. The third kappa shape index (κ3) is 4.15. The van der Waals surface area contributed by atoms with Crippen LogP contribution in [0.2, 0.25) is 0 Å². The first-order valence-corrected chi connectivity index (χ1v) is 7.82. The van der Waals surface area contributed by atoms with Crippen LogP contribution in [-0.2, 0) is 0 Å². The van der Waals surface area contributed by atoms with Crippen LogP contribution in [-0.4, -0.2) is 28.9 Å². The molecule has 3 N–H and O–H groups in total. The van der Waals surface area contributed by atoms with Crippen molar-refractivity contribution < 1.29 is 0 Å². The van der Waals surface area contributed by atoms with Crippen molar-refractivity contribution in [2.45, 2.75) is 61.1 Å². The van der Waals surface area contributed by atoms with Crippen molar-refractivity contribution in [2.75, 3.05) is 6.54 Å². The molecule has 0 saturated carbocycles. The molecule has 0 radical (unpaired) electrons. The Kier molecular flexibility index (Phi) is 5.03. The fourth-order valence-electron chi connectivity index (χ4n) is 1.83. The molecule has 0 aromatic rings. The van der Waals surface area contributed by atoms with Crippen LogP contribution >= 0.6 is 12.2 Å². The molecule has 21 heavy (non-hydrogen) atoms. The number of nitrogens with zero attached hydrogens (tertiary/aromatic N) is 2. The van der Waals surface area contributed by atoms with Crippen molar-refractivity contribution in [3.05, 3.63) is 0 Å². The topological polar surface area (TPSA) is 60.8 Å². The minimum atomic E-state index is -0.473. The molecule has 0 amide bonds. The molecular weight excluding hydrogens is 282 g/mol. The average Bonchev–Trinajstić information content (AvgIpc) is 2.65. The molecule has 0 aromatic heterocycles. The van der Waals surface area contributed by atoms with E-state index in [1.165, 1.54) is 0 Å². The normalized spacial score (nSPS) is 22.5. The Hall–Kier alpha value is -1.17. The van der Waals surface area contributed by atoms with Gasteiger partial charge in [-0.15, -0.1) is 0 Å². The van der Waals surface area contributed by atoms with Gasteiger partial charge in [0.15, 0.2) is 16.6 Å². The Morgan fingerprint density at radius 1 is 1.14 bits per heavy atom. The van der Waals surface area contributed by atoms with Crippen LogP contribution in [0.25, 0.3) is 0 Å². The van der Waals surface area contributed by atoms with E-state index < -0.39 is 5.66 Å². The van der Waals surface area contributed by atoms with Crippen molar-refractivity contribution in [3.8, 4) is 0 Å². The van der Waals surface area contributed by atoms with Gasteiger partial charge in [0.1, 0.15) is 0 Å². The fourth-order valence-corrected chi connectivity index (χ4v) is 2.03. The summed E-state index contributed by atoms with van der Waals surface area (Å²) in [6.07, 6.45) is 0. The molecule has 120 valence electrons. The lowest BCUT2D eigenvalue weighted by Crippen LogP contribution is -2.50. The maximum absolute atomic E-state index is 5.17. The molecule has 0 bridgehead atoms. The summed E-state index contributed by atoms with van der Waals surface area (Å²) >= 11 is 5.17. The van der Waals surface area contributed by atoms with Gasteiger partial charge in [-0.25, -0.2) is 4.99 Å². The first-order valence-electron chi connectivity index (χ1n) is 7.41. The third-order valence-corrected chi connectivity index (χ3v) is 3.89. The number of hydrogen-bond donors (Lipinski definition) is 3. The van der Waals surface area contributed by atoms with E-state index in [0.717, 1.165) is 18.1 Å². The predicted octanol–water partition coefficient (Wildman–Crippen LogP) is 2.64. The van der Waals surface area contributed by atoms with E-state index in [0.29, 0.717) is 5.11 Å². The molecule has 1 aliphatic rings. The maximum atomic E-state index is 5.17. The highest BCUT2D eigenvalue weighted by atomic mass is 32.1. The summed E-state index contributed by atoms with van der Waals surface area (Å²) in [5, 5.41) is 3.59. The van der Waals surface area contributed by atoms with Crippen molar-refractivity contribution in [3.63, 3.8) is 0 Å². The van der Waals surface area contributed by atoms with Crippen LogP contribution in [0.15, 0.2) is 9.98 Å². The SMILES string of the molecule is CCNC(=S)NNC1=NC(C)(C(C)(C)C)N=C1C(C)(C)C. The van der Waals surface area contributed by atoms with Gasteiger partial charge in [0.25, 0.3) is 0 Å². The number of rotatable bonds is 1. The molecule has 0 aliphatic carbocycles. The molecular formula is C15H29N5S. The second kappa shape index (κ2) is 5.91. The Morgan fingerprint density at radius 3 is 2.14 bits per heavy atom. The zero-order chi connectivity index (χ0) is 16.5. The minimum Gasteiger partial charge on any atom is -0.362 e. The molecule has 1 aliphatic heterocycles. The third-order valence-electron chi connectivity index (χ3n) is 3.65. The van der Waals surface area contributed by atoms with Gasteiger partial charge in [0, 0.05) is 17.4 Å². The van der Waals surface area contributed by atoms with Gasteiger partial charge in [-0.2, -0.15) is 0 Å². The van der Waals surface area contributed by atoms with Gasteiger partial charge >= 0.3 is 0 Å². The van der Waals surface area contributed by atoms with Crippen molar-refractivity contribution >= 4 is 28.9 Å². The summed E-state index contributed by atoms with van der Waals surface area (Å²) in [5.74, 6) is 0.764. The highest BCUT2D eigenvalue weighted by Crippen LogP contribution is 2.39. The summed E-state index contributed by atoms with van der Waals surface area (Å²) in [4.78, 5) is 9.74. The van der Waals surface area contributed by atoms with E-state index in [4.69, 9.17) is 22.2 Å². The largest absolute Gasteiger partial charge is 0.362 e. The first kappa shape index (κ1) is 17.9. The molecule has 1 heterocycles. The number of thiocarbonyl (C=S) groups is 1. The highest BCUT2D eigenvalue weighted by molar-refractivity contribution is 7.80. The minimum absolute atomic E-state index is 0.0604.